The Labute approximate surface area is 163 Å². The summed E-state index contributed by atoms with van der Waals surface area (Å²) >= 11 is 1.16. The Bertz CT molecular complexity index is 962. The van der Waals surface area contributed by atoms with Gasteiger partial charge in [0.1, 0.15) is 9.81 Å². The van der Waals surface area contributed by atoms with Crippen LogP contribution in [0.5, 0.6) is 0 Å². The smallest absolute Gasteiger partial charge is 0.223 e. The number of benzene rings is 1. The van der Waals surface area contributed by atoms with Crippen molar-refractivity contribution in [2.75, 3.05) is 18.6 Å². The number of carbonyl (C=O) groups is 1. The van der Waals surface area contributed by atoms with E-state index in [0.29, 0.717) is 12.3 Å². The minimum absolute atomic E-state index is 0.122. The third-order valence-electron chi connectivity index (χ3n) is 4.62. The summed E-state index contributed by atoms with van der Waals surface area (Å²) in [6.45, 7) is 7.38. The van der Waals surface area contributed by atoms with Crippen LogP contribution in [-0.2, 0) is 29.7 Å². The molecule has 1 atom stereocenters. The molecule has 6 nitrogen and oxygen atoms in total. The van der Waals surface area contributed by atoms with Crippen LogP contribution in [0.25, 0.3) is 0 Å². The summed E-state index contributed by atoms with van der Waals surface area (Å²) in [5.74, 6) is -0.822. The standard InChI is InChI=1S/C19H23NO5S2/c1-13(21)20(5)15-6-8-16(9-7-15)27(22,23)17-10-14(11-26-17)19(4)12-24-18(2,3)25-19/h6-11H,12H2,1-5H3. The Morgan fingerprint density at radius 2 is 1.81 bits per heavy atom. The number of nitrogens with zero attached hydrogens (tertiary/aromatic N) is 1. The molecule has 1 saturated heterocycles. The van der Waals surface area contributed by atoms with Crippen molar-refractivity contribution in [2.24, 2.45) is 0 Å². The second-order valence-corrected chi connectivity index (χ2v) is 10.3. The first-order valence-corrected chi connectivity index (χ1v) is 10.8. The van der Waals surface area contributed by atoms with E-state index in [-0.39, 0.29) is 15.0 Å². The average molecular weight is 410 g/mol. The van der Waals surface area contributed by atoms with E-state index in [1.54, 1.807) is 30.6 Å². The highest BCUT2D eigenvalue weighted by atomic mass is 32.2. The van der Waals surface area contributed by atoms with Gasteiger partial charge >= 0.3 is 0 Å². The van der Waals surface area contributed by atoms with E-state index in [1.807, 2.05) is 20.8 Å². The quantitative estimate of drug-likeness (QED) is 0.772. The molecule has 27 heavy (non-hydrogen) atoms. The molecule has 1 aliphatic heterocycles. The number of carbonyl (C=O) groups excluding carboxylic acids is 1. The van der Waals surface area contributed by atoms with E-state index in [4.69, 9.17) is 9.47 Å². The number of anilines is 1. The maximum absolute atomic E-state index is 13.0. The summed E-state index contributed by atoms with van der Waals surface area (Å²) < 4.78 is 37.8. The number of ether oxygens (including phenoxy) is 2. The van der Waals surface area contributed by atoms with Gasteiger partial charge in [0, 0.05) is 19.7 Å². The fraction of sp³-hybridized carbons (Fsp3) is 0.421. The zero-order valence-corrected chi connectivity index (χ0v) is 17.6. The van der Waals surface area contributed by atoms with Gasteiger partial charge in [0.05, 0.1) is 11.5 Å². The third kappa shape index (κ3) is 3.80. The summed E-state index contributed by atoms with van der Waals surface area (Å²) in [4.78, 5) is 13.1. The largest absolute Gasteiger partial charge is 0.347 e. The van der Waals surface area contributed by atoms with Gasteiger partial charge in [-0.1, -0.05) is 0 Å². The molecule has 2 aromatic rings. The average Bonchev–Trinajstić information content (AvgIpc) is 3.20. The molecule has 1 fully saturated rings. The number of sulfone groups is 1. The number of rotatable bonds is 4. The van der Waals surface area contributed by atoms with Crippen LogP contribution in [-0.4, -0.2) is 33.8 Å². The molecule has 0 radical (unpaired) electrons. The van der Waals surface area contributed by atoms with Gasteiger partial charge in [0.15, 0.2) is 5.79 Å². The van der Waals surface area contributed by atoms with Crippen LogP contribution in [0.3, 0.4) is 0 Å². The van der Waals surface area contributed by atoms with Crippen molar-refractivity contribution in [2.45, 2.75) is 48.2 Å². The fourth-order valence-electron chi connectivity index (χ4n) is 2.94. The van der Waals surface area contributed by atoms with Crippen LogP contribution in [0.4, 0.5) is 5.69 Å². The van der Waals surface area contributed by atoms with Gasteiger partial charge < -0.3 is 14.4 Å². The van der Waals surface area contributed by atoms with Crippen molar-refractivity contribution in [3.8, 4) is 0 Å². The van der Waals surface area contributed by atoms with Gasteiger partial charge in [-0.2, -0.15) is 0 Å². The predicted octanol–water partition coefficient (Wildman–Crippen LogP) is 3.56. The van der Waals surface area contributed by atoms with Crippen LogP contribution < -0.4 is 4.90 Å². The van der Waals surface area contributed by atoms with Crippen molar-refractivity contribution >= 4 is 32.8 Å². The predicted molar refractivity (Wildman–Crippen MR) is 104 cm³/mol. The van der Waals surface area contributed by atoms with Crippen LogP contribution in [0.1, 0.15) is 33.3 Å². The highest BCUT2D eigenvalue weighted by molar-refractivity contribution is 7.93. The Balaban J connectivity index is 1.88. The minimum Gasteiger partial charge on any atom is -0.347 e. The van der Waals surface area contributed by atoms with Crippen molar-refractivity contribution in [3.05, 3.63) is 41.3 Å². The molecule has 2 heterocycles. The number of amides is 1. The second-order valence-electron chi connectivity index (χ2n) is 7.25. The lowest BCUT2D eigenvalue weighted by Crippen LogP contribution is -2.27. The molecule has 1 aliphatic rings. The normalized spacial score (nSPS) is 22.0. The Morgan fingerprint density at radius 1 is 1.19 bits per heavy atom. The van der Waals surface area contributed by atoms with Gasteiger partial charge in [-0.15, -0.1) is 11.3 Å². The van der Waals surface area contributed by atoms with Crippen molar-refractivity contribution in [1.82, 2.24) is 0 Å². The molecule has 1 amide bonds. The molecule has 1 aromatic heterocycles. The minimum atomic E-state index is -3.65. The summed E-state index contributed by atoms with van der Waals surface area (Å²) in [5, 5.41) is 1.80. The maximum Gasteiger partial charge on any atom is 0.223 e. The first-order chi connectivity index (χ1) is 12.4. The van der Waals surface area contributed by atoms with Crippen molar-refractivity contribution in [3.63, 3.8) is 0 Å². The van der Waals surface area contributed by atoms with Crippen LogP contribution in [0.15, 0.2) is 44.8 Å². The lowest BCUT2D eigenvalue weighted by molar-refractivity contribution is -0.159. The Hall–Kier alpha value is -1.74. The van der Waals surface area contributed by atoms with E-state index in [0.717, 1.165) is 16.9 Å². The zero-order valence-electron chi connectivity index (χ0n) is 16.0. The molecule has 146 valence electrons. The van der Waals surface area contributed by atoms with Gasteiger partial charge in [0.2, 0.25) is 15.7 Å². The molecule has 0 aliphatic carbocycles. The van der Waals surface area contributed by atoms with Gasteiger partial charge in [-0.25, -0.2) is 8.42 Å². The van der Waals surface area contributed by atoms with E-state index in [2.05, 4.69) is 0 Å². The Kier molecular flexibility index (Phi) is 4.96. The van der Waals surface area contributed by atoms with E-state index < -0.39 is 21.2 Å². The zero-order chi connectivity index (χ0) is 20.0. The Morgan fingerprint density at radius 3 is 2.33 bits per heavy atom. The molecule has 0 saturated carbocycles. The lowest BCUT2D eigenvalue weighted by atomic mass is 10.0. The molecule has 0 N–H and O–H groups in total. The van der Waals surface area contributed by atoms with Crippen molar-refractivity contribution < 1.29 is 22.7 Å². The lowest BCUT2D eigenvalue weighted by Gasteiger charge is -2.24. The SMILES string of the molecule is CC(=O)N(C)c1ccc(S(=O)(=O)c2cc(C3(C)COC(C)(C)O3)cs2)cc1. The van der Waals surface area contributed by atoms with Crippen LogP contribution >= 0.6 is 11.3 Å². The number of thiophene rings is 1. The molecule has 1 aromatic carbocycles. The van der Waals surface area contributed by atoms with E-state index >= 15 is 0 Å². The highest BCUT2D eigenvalue weighted by Crippen LogP contribution is 2.41. The maximum atomic E-state index is 13.0. The first-order valence-electron chi connectivity index (χ1n) is 8.47. The monoisotopic (exact) mass is 409 g/mol. The summed E-state index contributed by atoms with van der Waals surface area (Å²) in [7, 11) is -2.01. The number of hydrogen-bond donors (Lipinski definition) is 0. The molecular formula is C19H23NO5S2. The van der Waals surface area contributed by atoms with Gasteiger partial charge in [-0.3, -0.25) is 4.79 Å². The van der Waals surface area contributed by atoms with Crippen molar-refractivity contribution in [1.29, 1.82) is 0 Å². The molecule has 0 bridgehead atoms. The number of hydrogen-bond acceptors (Lipinski definition) is 6. The van der Waals surface area contributed by atoms with E-state index in [1.165, 1.54) is 24.0 Å². The molecule has 3 rings (SSSR count). The van der Waals surface area contributed by atoms with Gasteiger partial charge in [0.25, 0.3) is 0 Å². The summed E-state index contributed by atoms with van der Waals surface area (Å²) in [6.07, 6.45) is 0. The molecule has 0 spiro atoms. The topological polar surface area (TPSA) is 72.9 Å². The fourth-order valence-corrected chi connectivity index (χ4v) is 5.64. The first kappa shape index (κ1) is 20.0. The molecule has 8 heteroatoms. The summed E-state index contributed by atoms with van der Waals surface area (Å²) in [6, 6.07) is 7.94. The molecule has 1 unspecified atom stereocenters. The van der Waals surface area contributed by atoms with Crippen LogP contribution in [0, 0.1) is 0 Å². The van der Waals surface area contributed by atoms with Gasteiger partial charge in [-0.05, 0) is 62.0 Å². The van der Waals surface area contributed by atoms with E-state index in [9.17, 15) is 13.2 Å². The molecular weight excluding hydrogens is 386 g/mol. The van der Waals surface area contributed by atoms with Crippen LogP contribution in [0.2, 0.25) is 0 Å². The second kappa shape index (κ2) is 6.70. The third-order valence-corrected chi connectivity index (χ3v) is 7.83. The summed E-state index contributed by atoms with van der Waals surface area (Å²) in [5.41, 5.74) is 0.742. The highest BCUT2D eigenvalue weighted by Gasteiger charge is 2.44.